The molecule has 1 fully saturated rings. The van der Waals surface area contributed by atoms with Gasteiger partial charge in [0.1, 0.15) is 5.75 Å². The van der Waals surface area contributed by atoms with E-state index in [0.29, 0.717) is 25.1 Å². The molecular weight excluding hydrogens is 316 g/mol. The fourth-order valence-electron chi connectivity index (χ4n) is 3.79. The highest BCUT2D eigenvalue weighted by molar-refractivity contribution is 6.07. The summed E-state index contributed by atoms with van der Waals surface area (Å²) in [5.74, 6) is 0.661. The summed E-state index contributed by atoms with van der Waals surface area (Å²) in [7, 11) is 1.61. The molecule has 5 heteroatoms. The molecule has 1 atom stereocenters. The first kappa shape index (κ1) is 15.7. The quantitative estimate of drug-likeness (QED) is 0.917. The predicted octanol–water partition coefficient (Wildman–Crippen LogP) is 2.74. The van der Waals surface area contributed by atoms with Gasteiger partial charge in [-0.2, -0.15) is 0 Å². The van der Waals surface area contributed by atoms with E-state index in [1.807, 2.05) is 49.4 Å². The van der Waals surface area contributed by atoms with Crippen LogP contribution in [-0.2, 0) is 10.2 Å². The lowest BCUT2D eigenvalue weighted by Gasteiger charge is -2.23. The third-order valence-corrected chi connectivity index (χ3v) is 5.28. The van der Waals surface area contributed by atoms with Crippen molar-refractivity contribution in [3.63, 3.8) is 0 Å². The summed E-state index contributed by atoms with van der Waals surface area (Å²) in [5, 5.41) is 2.96. The maximum Gasteiger partial charge on any atom is 0.253 e. The minimum atomic E-state index is -0.676. The van der Waals surface area contributed by atoms with E-state index in [4.69, 9.17) is 4.74 Å². The van der Waals surface area contributed by atoms with Crippen LogP contribution in [0.2, 0.25) is 0 Å². The standard InChI is InChI=1S/C20H20N2O3/c1-13-3-5-14(6-4-13)18(23)22-10-9-20(12-22)16-11-15(25-2)7-8-17(16)21-19(20)24/h3-8,11H,9-10,12H2,1-2H3,(H,21,24)/t20-/m0/s1. The van der Waals surface area contributed by atoms with Gasteiger partial charge in [0.2, 0.25) is 5.91 Å². The predicted molar refractivity (Wildman–Crippen MR) is 95.0 cm³/mol. The molecule has 2 aromatic carbocycles. The van der Waals surface area contributed by atoms with Crippen molar-refractivity contribution in [2.75, 3.05) is 25.5 Å². The van der Waals surface area contributed by atoms with Crippen LogP contribution in [0.15, 0.2) is 42.5 Å². The van der Waals surface area contributed by atoms with Crippen LogP contribution < -0.4 is 10.1 Å². The van der Waals surface area contributed by atoms with Gasteiger partial charge in [-0.1, -0.05) is 17.7 Å². The molecule has 4 rings (SSSR count). The molecule has 0 aromatic heterocycles. The molecule has 1 spiro atoms. The van der Waals surface area contributed by atoms with Gasteiger partial charge >= 0.3 is 0 Å². The Morgan fingerprint density at radius 2 is 1.96 bits per heavy atom. The van der Waals surface area contributed by atoms with Crippen molar-refractivity contribution >= 4 is 17.5 Å². The SMILES string of the molecule is COc1ccc2c(c1)[C@@]1(CCN(C(=O)c3ccc(C)cc3)C1)C(=O)N2. The number of carbonyl (C=O) groups excluding carboxylic acids is 2. The van der Waals surface area contributed by atoms with E-state index in [9.17, 15) is 9.59 Å². The summed E-state index contributed by atoms with van der Waals surface area (Å²) in [6, 6.07) is 13.2. The smallest absolute Gasteiger partial charge is 0.253 e. The molecule has 2 aliphatic rings. The number of fused-ring (bicyclic) bond motifs is 2. The molecule has 0 radical (unpaired) electrons. The summed E-state index contributed by atoms with van der Waals surface area (Å²) in [5.41, 5.74) is 2.84. The van der Waals surface area contributed by atoms with Crippen LogP contribution in [0.1, 0.15) is 27.9 Å². The van der Waals surface area contributed by atoms with E-state index in [1.165, 1.54) is 0 Å². The molecule has 0 bridgehead atoms. The number of amides is 2. The fourth-order valence-corrected chi connectivity index (χ4v) is 3.79. The molecular formula is C20H20N2O3. The zero-order chi connectivity index (χ0) is 17.6. The third kappa shape index (κ3) is 2.38. The second kappa shape index (κ2) is 5.62. The zero-order valence-electron chi connectivity index (χ0n) is 14.3. The summed E-state index contributed by atoms with van der Waals surface area (Å²) >= 11 is 0. The second-order valence-electron chi connectivity index (χ2n) is 6.79. The Morgan fingerprint density at radius 3 is 2.68 bits per heavy atom. The van der Waals surface area contributed by atoms with E-state index in [1.54, 1.807) is 12.0 Å². The number of benzene rings is 2. The van der Waals surface area contributed by atoms with E-state index < -0.39 is 5.41 Å². The lowest BCUT2D eigenvalue weighted by Crippen LogP contribution is -2.39. The van der Waals surface area contributed by atoms with Gasteiger partial charge in [0.05, 0.1) is 12.5 Å². The number of ether oxygens (including phenoxy) is 1. The van der Waals surface area contributed by atoms with Crippen LogP contribution in [0.4, 0.5) is 5.69 Å². The molecule has 1 N–H and O–H groups in total. The minimum Gasteiger partial charge on any atom is -0.497 e. The summed E-state index contributed by atoms with van der Waals surface area (Å²) in [4.78, 5) is 27.3. The highest BCUT2D eigenvalue weighted by Crippen LogP contribution is 2.45. The molecule has 0 aliphatic carbocycles. The van der Waals surface area contributed by atoms with Crippen molar-refractivity contribution in [3.8, 4) is 5.75 Å². The Bertz CT molecular complexity index is 860. The van der Waals surface area contributed by atoms with Gasteiger partial charge in [0.15, 0.2) is 0 Å². The number of carbonyl (C=O) groups is 2. The van der Waals surface area contributed by atoms with E-state index in [2.05, 4.69) is 5.32 Å². The van der Waals surface area contributed by atoms with Crippen LogP contribution in [0, 0.1) is 6.92 Å². The van der Waals surface area contributed by atoms with Crippen LogP contribution >= 0.6 is 0 Å². The van der Waals surface area contributed by atoms with E-state index in [0.717, 1.165) is 22.6 Å². The lowest BCUT2D eigenvalue weighted by atomic mass is 9.81. The van der Waals surface area contributed by atoms with Crippen molar-refractivity contribution in [2.45, 2.75) is 18.8 Å². The summed E-state index contributed by atoms with van der Waals surface area (Å²) in [6.45, 7) is 2.95. The normalized spacial score (nSPS) is 21.4. The summed E-state index contributed by atoms with van der Waals surface area (Å²) < 4.78 is 5.31. The Hall–Kier alpha value is -2.82. The molecule has 5 nitrogen and oxygen atoms in total. The average Bonchev–Trinajstić information content (AvgIpc) is 3.18. The van der Waals surface area contributed by atoms with Gasteiger partial charge in [-0.3, -0.25) is 9.59 Å². The van der Waals surface area contributed by atoms with Crippen LogP contribution in [-0.4, -0.2) is 36.9 Å². The Morgan fingerprint density at radius 1 is 1.20 bits per heavy atom. The number of nitrogens with zero attached hydrogens (tertiary/aromatic N) is 1. The van der Waals surface area contributed by atoms with Crippen molar-refractivity contribution in [2.24, 2.45) is 0 Å². The van der Waals surface area contributed by atoms with Crippen LogP contribution in [0.3, 0.4) is 0 Å². The number of likely N-dealkylation sites (tertiary alicyclic amines) is 1. The molecule has 2 heterocycles. The van der Waals surface area contributed by atoms with Crippen LogP contribution in [0.25, 0.3) is 0 Å². The van der Waals surface area contributed by atoms with Gasteiger partial charge in [-0.15, -0.1) is 0 Å². The first-order chi connectivity index (χ1) is 12.0. The molecule has 25 heavy (non-hydrogen) atoms. The molecule has 2 amide bonds. The van der Waals surface area contributed by atoms with Gasteiger partial charge in [-0.25, -0.2) is 0 Å². The number of rotatable bonds is 2. The lowest BCUT2D eigenvalue weighted by molar-refractivity contribution is -0.120. The van der Waals surface area contributed by atoms with Crippen molar-refractivity contribution in [3.05, 3.63) is 59.2 Å². The topological polar surface area (TPSA) is 58.6 Å². The first-order valence-electron chi connectivity index (χ1n) is 8.39. The fraction of sp³-hybridized carbons (Fsp3) is 0.300. The highest BCUT2D eigenvalue weighted by atomic mass is 16.5. The number of hydrogen-bond acceptors (Lipinski definition) is 3. The molecule has 2 aromatic rings. The zero-order valence-corrected chi connectivity index (χ0v) is 14.3. The summed E-state index contributed by atoms with van der Waals surface area (Å²) in [6.07, 6.45) is 0.622. The number of anilines is 1. The molecule has 0 saturated carbocycles. The van der Waals surface area contributed by atoms with E-state index >= 15 is 0 Å². The molecule has 1 saturated heterocycles. The average molecular weight is 336 g/mol. The maximum atomic E-state index is 12.8. The number of methoxy groups -OCH3 is 1. The number of aryl methyl sites for hydroxylation is 1. The highest BCUT2D eigenvalue weighted by Gasteiger charge is 2.52. The maximum absolute atomic E-state index is 12.8. The monoisotopic (exact) mass is 336 g/mol. The van der Waals surface area contributed by atoms with Crippen molar-refractivity contribution < 1.29 is 14.3 Å². The van der Waals surface area contributed by atoms with Crippen molar-refractivity contribution in [1.29, 1.82) is 0 Å². The van der Waals surface area contributed by atoms with Crippen LogP contribution in [0.5, 0.6) is 5.75 Å². The molecule has 128 valence electrons. The number of hydrogen-bond donors (Lipinski definition) is 1. The van der Waals surface area contributed by atoms with Gasteiger partial charge in [-0.05, 0) is 49.2 Å². The Balaban J connectivity index is 1.65. The molecule has 2 aliphatic heterocycles. The van der Waals surface area contributed by atoms with Gasteiger partial charge < -0.3 is 15.0 Å². The van der Waals surface area contributed by atoms with Gasteiger partial charge in [0.25, 0.3) is 5.91 Å². The molecule has 0 unspecified atom stereocenters. The number of nitrogens with one attached hydrogen (secondary N) is 1. The van der Waals surface area contributed by atoms with Gasteiger partial charge in [0, 0.05) is 24.3 Å². The van der Waals surface area contributed by atoms with Crippen molar-refractivity contribution in [1.82, 2.24) is 4.90 Å². The third-order valence-electron chi connectivity index (χ3n) is 5.28. The first-order valence-corrected chi connectivity index (χ1v) is 8.39. The Labute approximate surface area is 146 Å². The Kier molecular flexibility index (Phi) is 3.53. The van der Waals surface area contributed by atoms with E-state index in [-0.39, 0.29) is 11.8 Å². The second-order valence-corrected chi connectivity index (χ2v) is 6.79. The minimum absolute atomic E-state index is 0.0268. The largest absolute Gasteiger partial charge is 0.497 e.